The van der Waals surface area contributed by atoms with Crippen LogP contribution in [0.5, 0.6) is 5.88 Å². The van der Waals surface area contributed by atoms with Crippen molar-refractivity contribution in [3.05, 3.63) is 23.9 Å². The van der Waals surface area contributed by atoms with Crippen molar-refractivity contribution >= 4 is 11.9 Å². The summed E-state index contributed by atoms with van der Waals surface area (Å²) < 4.78 is 11.1. The second-order valence-corrected chi connectivity index (χ2v) is 8.54. The minimum atomic E-state index is -0.454. The van der Waals surface area contributed by atoms with Gasteiger partial charge in [-0.3, -0.25) is 4.79 Å². The summed E-state index contributed by atoms with van der Waals surface area (Å²) in [5, 5.41) is 8.79. The number of likely N-dealkylation sites (tertiary alicyclic amines) is 1. The van der Waals surface area contributed by atoms with Gasteiger partial charge in [-0.15, -0.1) is 0 Å². The van der Waals surface area contributed by atoms with Gasteiger partial charge in [-0.05, 0) is 64.9 Å². The van der Waals surface area contributed by atoms with Crippen LogP contribution in [0.3, 0.4) is 0 Å². The van der Waals surface area contributed by atoms with E-state index in [0.29, 0.717) is 36.8 Å². The van der Waals surface area contributed by atoms with E-state index in [1.165, 1.54) is 6.20 Å². The van der Waals surface area contributed by atoms with Crippen molar-refractivity contribution in [2.75, 3.05) is 26.3 Å². The summed E-state index contributed by atoms with van der Waals surface area (Å²) in [6.45, 7) is 7.73. The molecular weight excluding hydrogens is 372 g/mol. The Balaban J connectivity index is 1.62. The van der Waals surface area contributed by atoms with Gasteiger partial charge in [0.25, 0.3) is 0 Å². The lowest BCUT2D eigenvalue weighted by molar-refractivity contribution is 0.0179. The molecule has 7 nitrogen and oxygen atoms in total. The number of aromatic nitrogens is 1. The summed E-state index contributed by atoms with van der Waals surface area (Å²) in [6, 6.07) is 3.43. The molecule has 1 fully saturated rings. The molecule has 0 spiro atoms. The number of Topliss-reactive ketones (excluding diaryl/α,β-unsaturated/α-hetero) is 1. The average Bonchev–Trinajstić information content (AvgIpc) is 2.69. The molecular formula is C22H34N2O5. The van der Waals surface area contributed by atoms with E-state index in [9.17, 15) is 9.59 Å². The molecule has 1 N–H and O–H groups in total. The molecule has 1 aliphatic rings. The van der Waals surface area contributed by atoms with Crippen LogP contribution in [0.25, 0.3) is 0 Å². The third-order valence-electron chi connectivity index (χ3n) is 4.89. The van der Waals surface area contributed by atoms with E-state index < -0.39 is 5.60 Å². The van der Waals surface area contributed by atoms with Crippen LogP contribution in [-0.4, -0.2) is 58.8 Å². The molecule has 0 radical (unpaired) electrons. The number of aliphatic hydroxyl groups is 1. The first-order chi connectivity index (χ1) is 13.8. The van der Waals surface area contributed by atoms with Crippen LogP contribution in [0.2, 0.25) is 0 Å². The number of amides is 1. The number of hydrogen-bond acceptors (Lipinski definition) is 6. The largest absolute Gasteiger partial charge is 0.478 e. The topological polar surface area (TPSA) is 89.0 Å². The van der Waals surface area contributed by atoms with Gasteiger partial charge in [-0.2, -0.15) is 0 Å². The van der Waals surface area contributed by atoms with Crippen molar-refractivity contribution < 1.29 is 24.2 Å². The lowest BCUT2D eigenvalue weighted by Gasteiger charge is -2.33. The molecule has 1 aromatic rings. The molecule has 0 saturated carbocycles. The second-order valence-electron chi connectivity index (χ2n) is 8.54. The summed E-state index contributed by atoms with van der Waals surface area (Å²) >= 11 is 0. The highest BCUT2D eigenvalue weighted by molar-refractivity contribution is 5.95. The van der Waals surface area contributed by atoms with E-state index >= 15 is 0 Å². The molecule has 162 valence electrons. The van der Waals surface area contributed by atoms with Gasteiger partial charge in [0, 0.05) is 43.9 Å². The molecule has 2 heterocycles. The van der Waals surface area contributed by atoms with Gasteiger partial charge in [-0.1, -0.05) is 0 Å². The molecule has 1 aromatic heterocycles. The number of piperidine rings is 1. The van der Waals surface area contributed by atoms with Crippen molar-refractivity contribution in [3.63, 3.8) is 0 Å². The normalized spacial score (nSPS) is 15.2. The molecule has 0 bridgehead atoms. The molecule has 29 heavy (non-hydrogen) atoms. The number of rotatable bonds is 9. The number of ether oxygens (including phenoxy) is 2. The van der Waals surface area contributed by atoms with Gasteiger partial charge in [0.1, 0.15) is 5.60 Å². The first-order valence-corrected chi connectivity index (χ1v) is 10.5. The van der Waals surface area contributed by atoms with Crippen LogP contribution in [0, 0.1) is 5.92 Å². The van der Waals surface area contributed by atoms with Crippen LogP contribution in [0.4, 0.5) is 4.79 Å². The summed E-state index contributed by atoms with van der Waals surface area (Å²) in [6.07, 6.45) is 6.06. The van der Waals surface area contributed by atoms with E-state index in [2.05, 4.69) is 4.98 Å². The quantitative estimate of drug-likeness (QED) is 0.495. The number of nitrogens with zero attached hydrogens (tertiary/aromatic N) is 2. The highest BCUT2D eigenvalue weighted by atomic mass is 16.6. The van der Waals surface area contributed by atoms with Crippen molar-refractivity contribution in [2.45, 2.75) is 64.9 Å². The SMILES string of the molecule is CC(C)(C)OC(=O)N1CCC(CCCOc2ccc(C(=O)CCCO)cn2)CC1. The molecule has 7 heteroatoms. The Kier molecular flexibility index (Phi) is 8.89. The molecule has 0 unspecified atom stereocenters. The van der Waals surface area contributed by atoms with Crippen LogP contribution < -0.4 is 4.74 Å². The fourth-order valence-corrected chi connectivity index (χ4v) is 3.29. The average molecular weight is 407 g/mol. The van der Waals surface area contributed by atoms with Crippen molar-refractivity contribution in [3.8, 4) is 5.88 Å². The Labute approximate surface area is 173 Å². The molecule has 0 atom stereocenters. The Morgan fingerprint density at radius 2 is 1.93 bits per heavy atom. The number of pyridine rings is 1. The number of carbonyl (C=O) groups excluding carboxylic acids is 2. The van der Waals surface area contributed by atoms with Crippen LogP contribution in [0.1, 0.15) is 69.7 Å². The van der Waals surface area contributed by atoms with E-state index in [0.717, 1.165) is 38.8 Å². The molecule has 0 aliphatic carbocycles. The summed E-state index contributed by atoms with van der Waals surface area (Å²) in [4.78, 5) is 29.9. The highest BCUT2D eigenvalue weighted by Gasteiger charge is 2.26. The first-order valence-electron chi connectivity index (χ1n) is 10.5. The summed E-state index contributed by atoms with van der Waals surface area (Å²) in [7, 11) is 0. The van der Waals surface area contributed by atoms with Crippen LogP contribution in [-0.2, 0) is 4.74 Å². The first kappa shape index (κ1) is 23.1. The predicted octanol–water partition coefficient (Wildman–Crippen LogP) is 3.84. The number of aliphatic hydroxyl groups excluding tert-OH is 1. The Morgan fingerprint density at radius 3 is 2.52 bits per heavy atom. The molecule has 2 rings (SSSR count). The van der Waals surface area contributed by atoms with E-state index in [1.807, 2.05) is 20.8 Å². The lowest BCUT2D eigenvalue weighted by Crippen LogP contribution is -2.41. The Hall–Kier alpha value is -2.15. The van der Waals surface area contributed by atoms with Crippen LogP contribution >= 0.6 is 0 Å². The zero-order valence-electron chi connectivity index (χ0n) is 17.9. The van der Waals surface area contributed by atoms with E-state index in [4.69, 9.17) is 14.6 Å². The van der Waals surface area contributed by atoms with Gasteiger partial charge in [0.15, 0.2) is 5.78 Å². The summed E-state index contributed by atoms with van der Waals surface area (Å²) in [5.74, 6) is 1.09. The zero-order chi connectivity index (χ0) is 21.3. The van der Waals surface area contributed by atoms with E-state index in [1.54, 1.807) is 17.0 Å². The fourth-order valence-electron chi connectivity index (χ4n) is 3.29. The third-order valence-corrected chi connectivity index (χ3v) is 4.89. The van der Waals surface area contributed by atoms with Gasteiger partial charge in [-0.25, -0.2) is 9.78 Å². The van der Waals surface area contributed by atoms with Gasteiger partial charge in [0.05, 0.1) is 6.61 Å². The smallest absolute Gasteiger partial charge is 0.410 e. The molecule has 1 saturated heterocycles. The molecule has 0 aromatic carbocycles. The van der Waals surface area contributed by atoms with Gasteiger partial charge < -0.3 is 19.5 Å². The monoisotopic (exact) mass is 406 g/mol. The predicted molar refractivity (Wildman–Crippen MR) is 110 cm³/mol. The summed E-state index contributed by atoms with van der Waals surface area (Å²) in [5.41, 5.74) is 0.0899. The number of hydrogen-bond donors (Lipinski definition) is 1. The Bertz CT molecular complexity index is 646. The van der Waals surface area contributed by atoms with Crippen molar-refractivity contribution in [1.29, 1.82) is 0 Å². The van der Waals surface area contributed by atoms with Gasteiger partial charge in [0.2, 0.25) is 5.88 Å². The minimum Gasteiger partial charge on any atom is -0.478 e. The highest BCUT2D eigenvalue weighted by Crippen LogP contribution is 2.23. The Morgan fingerprint density at radius 1 is 1.21 bits per heavy atom. The number of ketones is 1. The van der Waals surface area contributed by atoms with Crippen LogP contribution in [0.15, 0.2) is 18.3 Å². The maximum Gasteiger partial charge on any atom is 0.410 e. The fraction of sp³-hybridized carbons (Fsp3) is 0.682. The maximum atomic E-state index is 12.1. The van der Waals surface area contributed by atoms with E-state index in [-0.39, 0.29) is 18.5 Å². The second kappa shape index (κ2) is 11.1. The molecule has 1 aliphatic heterocycles. The maximum absolute atomic E-state index is 12.1. The zero-order valence-corrected chi connectivity index (χ0v) is 17.9. The lowest BCUT2D eigenvalue weighted by atomic mass is 9.92. The third kappa shape index (κ3) is 8.40. The van der Waals surface area contributed by atoms with Gasteiger partial charge >= 0.3 is 6.09 Å². The van der Waals surface area contributed by atoms with Crippen molar-refractivity contribution in [1.82, 2.24) is 9.88 Å². The minimum absolute atomic E-state index is 0.0143. The number of carbonyl (C=O) groups is 2. The van der Waals surface area contributed by atoms with Crippen molar-refractivity contribution in [2.24, 2.45) is 5.92 Å². The standard InChI is InChI=1S/C22H34N2O5/c1-22(2,3)29-21(27)24-12-10-17(11-13-24)6-5-15-28-20-9-8-18(16-23-20)19(26)7-4-14-25/h8-9,16-17,25H,4-7,10-15H2,1-3H3. The molecule has 1 amide bonds.